The lowest BCUT2D eigenvalue weighted by atomic mass is 10.2. The number of amides is 1. The highest BCUT2D eigenvalue weighted by atomic mass is 32.1. The molecule has 1 amide bonds. The molecule has 0 spiro atoms. The Hall–Kier alpha value is -3.90. The van der Waals surface area contributed by atoms with E-state index in [2.05, 4.69) is 25.9 Å². The minimum atomic E-state index is -0.555. The molecule has 0 bridgehead atoms. The fourth-order valence-electron chi connectivity index (χ4n) is 3.74. The number of hydrogen-bond donors (Lipinski definition) is 1. The van der Waals surface area contributed by atoms with E-state index in [9.17, 15) is 4.79 Å². The lowest BCUT2D eigenvalue weighted by Crippen LogP contribution is -2.36. The van der Waals surface area contributed by atoms with Crippen molar-refractivity contribution in [3.05, 3.63) is 47.2 Å². The zero-order valence-electron chi connectivity index (χ0n) is 19.3. The number of fused-ring (bicyclic) bond motifs is 1. The van der Waals surface area contributed by atoms with Crippen LogP contribution in [0.25, 0.3) is 21.6 Å². The highest BCUT2D eigenvalue weighted by Gasteiger charge is 2.21. The van der Waals surface area contributed by atoms with Crippen LogP contribution < -0.4 is 20.3 Å². The van der Waals surface area contributed by atoms with Crippen molar-refractivity contribution < 1.29 is 14.3 Å². The molecule has 5 rings (SSSR count). The molecule has 4 aromatic rings. The van der Waals surface area contributed by atoms with E-state index in [1.165, 1.54) is 12.4 Å². The number of carbonyl (C=O) groups excluding carboxylic acids is 1. The topological polar surface area (TPSA) is 132 Å². The minimum Gasteiger partial charge on any atom is -0.481 e. The second-order valence-electron chi connectivity index (χ2n) is 7.98. The molecule has 1 aliphatic rings. The van der Waals surface area contributed by atoms with Crippen molar-refractivity contribution in [1.29, 1.82) is 0 Å². The van der Waals surface area contributed by atoms with E-state index in [4.69, 9.17) is 25.2 Å². The van der Waals surface area contributed by atoms with Crippen LogP contribution in [0.2, 0.25) is 0 Å². The molecule has 12 heteroatoms. The second-order valence-corrected chi connectivity index (χ2v) is 9.12. The summed E-state index contributed by atoms with van der Waals surface area (Å²) in [5.74, 6) is 1.98. The number of pyridine rings is 1. The summed E-state index contributed by atoms with van der Waals surface area (Å²) in [6, 6.07) is 5.78. The van der Waals surface area contributed by atoms with Crippen molar-refractivity contribution in [3.8, 4) is 17.3 Å². The normalized spacial score (nSPS) is 13.7. The monoisotopic (exact) mass is 492 g/mol. The van der Waals surface area contributed by atoms with Crippen LogP contribution in [0.3, 0.4) is 0 Å². The lowest BCUT2D eigenvalue weighted by Gasteiger charge is -2.28. The highest BCUT2D eigenvalue weighted by molar-refractivity contribution is 7.19. The van der Waals surface area contributed by atoms with Crippen LogP contribution >= 0.6 is 11.3 Å². The number of anilines is 2. The maximum atomic E-state index is 11.3. The Morgan fingerprint density at radius 3 is 2.60 bits per heavy atom. The maximum absolute atomic E-state index is 11.3. The minimum absolute atomic E-state index is 0.273. The molecule has 35 heavy (non-hydrogen) atoms. The number of methoxy groups -OCH3 is 1. The third-order valence-electron chi connectivity index (χ3n) is 5.58. The third-order valence-corrected chi connectivity index (χ3v) is 6.68. The Morgan fingerprint density at radius 1 is 1.17 bits per heavy atom. The van der Waals surface area contributed by atoms with Crippen LogP contribution in [0.4, 0.5) is 11.8 Å². The molecule has 2 N–H and O–H groups in total. The van der Waals surface area contributed by atoms with Gasteiger partial charge in [-0.15, -0.1) is 11.3 Å². The van der Waals surface area contributed by atoms with Gasteiger partial charge in [0.05, 0.1) is 42.6 Å². The Bertz CT molecular complexity index is 1340. The van der Waals surface area contributed by atoms with Gasteiger partial charge in [0.1, 0.15) is 0 Å². The van der Waals surface area contributed by atoms with Gasteiger partial charge in [-0.1, -0.05) is 0 Å². The summed E-state index contributed by atoms with van der Waals surface area (Å²) >= 11 is 1.64. The van der Waals surface area contributed by atoms with E-state index in [1.807, 2.05) is 18.0 Å². The van der Waals surface area contributed by atoms with Gasteiger partial charge in [0, 0.05) is 55.2 Å². The summed E-state index contributed by atoms with van der Waals surface area (Å²) in [6.07, 6.45) is 4.59. The first-order valence-corrected chi connectivity index (χ1v) is 11.8. The number of hydrogen-bond acceptors (Lipinski definition) is 11. The Morgan fingerprint density at radius 2 is 1.94 bits per heavy atom. The molecule has 1 fully saturated rings. The molecular formula is C23H24N8O3S. The van der Waals surface area contributed by atoms with Gasteiger partial charge in [-0.2, -0.15) is 0 Å². The van der Waals surface area contributed by atoms with Gasteiger partial charge >= 0.3 is 0 Å². The van der Waals surface area contributed by atoms with Crippen LogP contribution in [-0.4, -0.2) is 71.3 Å². The van der Waals surface area contributed by atoms with E-state index < -0.39 is 5.91 Å². The quantitative estimate of drug-likeness (QED) is 0.409. The predicted octanol–water partition coefficient (Wildman–Crippen LogP) is 2.12. The van der Waals surface area contributed by atoms with Crippen LogP contribution in [-0.2, 0) is 11.3 Å². The zero-order chi connectivity index (χ0) is 24.4. The molecule has 11 nitrogen and oxygen atoms in total. The molecule has 4 aromatic heterocycles. The van der Waals surface area contributed by atoms with Gasteiger partial charge in [-0.05, 0) is 12.1 Å². The number of thiophene rings is 1. The van der Waals surface area contributed by atoms with Crippen molar-refractivity contribution in [2.24, 2.45) is 5.73 Å². The Kier molecular flexibility index (Phi) is 6.38. The summed E-state index contributed by atoms with van der Waals surface area (Å²) < 4.78 is 11.7. The fraction of sp³-hybridized carbons (Fsp3) is 0.304. The summed E-state index contributed by atoms with van der Waals surface area (Å²) in [5.41, 5.74) is 7.24. The number of carbonyl (C=O) groups is 1. The van der Waals surface area contributed by atoms with E-state index >= 15 is 0 Å². The zero-order valence-corrected chi connectivity index (χ0v) is 20.2. The molecule has 0 radical (unpaired) electrons. The molecule has 1 saturated heterocycles. The van der Waals surface area contributed by atoms with E-state index in [1.54, 1.807) is 30.7 Å². The van der Waals surface area contributed by atoms with Gasteiger partial charge < -0.3 is 25.0 Å². The summed E-state index contributed by atoms with van der Waals surface area (Å²) in [6.45, 7) is 3.41. The second kappa shape index (κ2) is 9.76. The molecule has 0 aliphatic carbocycles. The van der Waals surface area contributed by atoms with E-state index in [0.717, 1.165) is 39.6 Å². The smallest absolute Gasteiger partial charge is 0.251 e. The van der Waals surface area contributed by atoms with Crippen LogP contribution in [0, 0.1) is 0 Å². The summed E-state index contributed by atoms with van der Waals surface area (Å²) in [4.78, 5) is 39.1. The number of morpholine rings is 1. The number of rotatable bonds is 7. The van der Waals surface area contributed by atoms with Crippen LogP contribution in [0.5, 0.6) is 5.88 Å². The third kappa shape index (κ3) is 4.84. The predicted molar refractivity (Wildman–Crippen MR) is 133 cm³/mol. The van der Waals surface area contributed by atoms with Crippen molar-refractivity contribution in [3.63, 3.8) is 0 Å². The first-order valence-electron chi connectivity index (χ1n) is 11.0. The molecular weight excluding hydrogens is 468 g/mol. The molecule has 0 aromatic carbocycles. The van der Waals surface area contributed by atoms with Crippen molar-refractivity contribution in [1.82, 2.24) is 24.9 Å². The number of aromatic nitrogens is 5. The summed E-state index contributed by atoms with van der Waals surface area (Å²) in [7, 11) is 3.48. The molecule has 0 unspecified atom stereocenters. The van der Waals surface area contributed by atoms with E-state index in [0.29, 0.717) is 37.4 Å². The summed E-state index contributed by atoms with van der Waals surface area (Å²) in [5, 5.41) is 0. The van der Waals surface area contributed by atoms with Gasteiger partial charge in [-0.3, -0.25) is 4.79 Å². The van der Waals surface area contributed by atoms with Gasteiger partial charge in [0.2, 0.25) is 11.8 Å². The lowest BCUT2D eigenvalue weighted by molar-refractivity contribution is 0.0999. The fourth-order valence-corrected chi connectivity index (χ4v) is 4.91. The van der Waals surface area contributed by atoms with Gasteiger partial charge in [-0.25, -0.2) is 24.9 Å². The number of ether oxygens (including phenoxy) is 2. The largest absolute Gasteiger partial charge is 0.481 e. The first kappa shape index (κ1) is 22.9. The van der Waals surface area contributed by atoms with Crippen LogP contribution in [0.15, 0.2) is 36.8 Å². The van der Waals surface area contributed by atoms with Gasteiger partial charge in [0.25, 0.3) is 5.91 Å². The Labute approximate surface area is 205 Å². The number of nitrogens with two attached hydrogens (primary N) is 1. The molecule has 0 atom stereocenters. The standard InChI is InChI=1S/C23H24N8O3S/c1-30(23-26-11-15(12-27-23)20(24)32)13-16-9-17-19(35-16)22(31-5-7-34-8-6-31)29-21(28-17)14-3-4-18(33-2)25-10-14/h3-4,9-12H,5-8,13H2,1-2H3,(H2,24,32). The van der Waals surface area contributed by atoms with Crippen molar-refractivity contribution in [2.75, 3.05) is 50.3 Å². The number of primary amides is 1. The first-order chi connectivity index (χ1) is 17.0. The average molecular weight is 493 g/mol. The van der Waals surface area contributed by atoms with Crippen molar-refractivity contribution in [2.45, 2.75) is 6.54 Å². The van der Waals surface area contributed by atoms with Gasteiger partial charge in [0.15, 0.2) is 11.6 Å². The van der Waals surface area contributed by atoms with Crippen molar-refractivity contribution >= 4 is 39.2 Å². The molecule has 180 valence electrons. The Balaban J connectivity index is 1.49. The average Bonchev–Trinajstić information content (AvgIpc) is 3.31. The maximum Gasteiger partial charge on any atom is 0.251 e. The highest BCUT2D eigenvalue weighted by Crippen LogP contribution is 2.35. The molecule has 1 aliphatic heterocycles. The molecule has 0 saturated carbocycles. The van der Waals surface area contributed by atoms with Crippen LogP contribution in [0.1, 0.15) is 15.2 Å². The SMILES string of the molecule is COc1ccc(-c2nc(N3CCOCC3)c3sc(CN(C)c4ncc(C(N)=O)cn4)cc3n2)cn1. The van der Waals surface area contributed by atoms with E-state index in [-0.39, 0.29) is 5.56 Å². The molecule has 5 heterocycles. The number of nitrogens with zero attached hydrogens (tertiary/aromatic N) is 7.